The van der Waals surface area contributed by atoms with E-state index in [0.29, 0.717) is 44.9 Å². The maximum absolute atomic E-state index is 12.5. The van der Waals surface area contributed by atoms with Crippen LogP contribution >= 0.6 is 0 Å². The second-order valence-corrected chi connectivity index (χ2v) is 6.70. The van der Waals surface area contributed by atoms with Crippen molar-refractivity contribution >= 4 is 29.7 Å². The summed E-state index contributed by atoms with van der Waals surface area (Å²) in [6, 6.07) is -0.577. The number of urea groups is 1. The molecule has 0 aromatic carbocycles. The molecule has 1 fully saturated rings. The van der Waals surface area contributed by atoms with Crippen LogP contribution in [0.2, 0.25) is 0 Å². The molecule has 28 heavy (non-hydrogen) atoms. The third kappa shape index (κ3) is 4.29. The zero-order chi connectivity index (χ0) is 20.1. The van der Waals surface area contributed by atoms with Crippen molar-refractivity contribution in [1.29, 1.82) is 0 Å². The van der Waals surface area contributed by atoms with E-state index < -0.39 is 11.9 Å². The van der Waals surface area contributed by atoms with Gasteiger partial charge in [-0.3, -0.25) is 14.5 Å². The quantitative estimate of drug-likeness (QED) is 0.705. The molecule has 9 nitrogen and oxygen atoms in total. The largest absolute Gasteiger partial charge is 0.450 e. The molecule has 1 unspecified atom stereocenters. The molecule has 0 aromatic rings. The molecule has 0 saturated carbocycles. The van der Waals surface area contributed by atoms with E-state index in [2.05, 4.69) is 4.99 Å². The SMILES string of the molecule is CCOC(=O)N1CCN(C(=O)CCCN2C(=O)N=C3C=CC=CC3C2=O)CC1. The Bertz CT molecular complexity index is 749. The lowest BCUT2D eigenvalue weighted by molar-refractivity contribution is -0.134. The number of allylic oxidation sites excluding steroid dienone is 3. The number of hydrogen-bond donors (Lipinski definition) is 0. The number of aliphatic imine (C=N–C) groups is 1. The maximum Gasteiger partial charge on any atom is 0.409 e. The minimum atomic E-state index is -0.577. The number of ether oxygens (including phenoxy) is 1. The number of hydrogen-bond acceptors (Lipinski definition) is 5. The number of fused-ring (bicyclic) bond motifs is 1. The fourth-order valence-electron chi connectivity index (χ4n) is 3.39. The minimum absolute atomic E-state index is 0.0508. The molecule has 150 valence electrons. The van der Waals surface area contributed by atoms with E-state index in [9.17, 15) is 19.2 Å². The van der Waals surface area contributed by atoms with Gasteiger partial charge in [0.15, 0.2) is 0 Å². The number of imide groups is 1. The van der Waals surface area contributed by atoms with Crippen molar-refractivity contribution < 1.29 is 23.9 Å². The first kappa shape index (κ1) is 19.8. The molecule has 1 saturated heterocycles. The first-order chi connectivity index (χ1) is 13.5. The molecule has 0 N–H and O–H groups in total. The fraction of sp³-hybridized carbons (Fsp3) is 0.526. The van der Waals surface area contributed by atoms with Crippen LogP contribution in [-0.2, 0) is 14.3 Å². The Labute approximate surface area is 163 Å². The first-order valence-corrected chi connectivity index (χ1v) is 9.49. The molecule has 1 atom stereocenters. The van der Waals surface area contributed by atoms with Crippen LogP contribution in [0.3, 0.4) is 0 Å². The molecule has 5 amide bonds. The Morgan fingerprint density at radius 2 is 1.86 bits per heavy atom. The second kappa shape index (κ2) is 8.81. The molecule has 2 aliphatic heterocycles. The lowest BCUT2D eigenvalue weighted by atomic mass is 9.95. The van der Waals surface area contributed by atoms with E-state index in [4.69, 9.17) is 4.74 Å². The van der Waals surface area contributed by atoms with Gasteiger partial charge in [0.1, 0.15) is 0 Å². The van der Waals surface area contributed by atoms with Crippen molar-refractivity contribution in [3.63, 3.8) is 0 Å². The van der Waals surface area contributed by atoms with Crippen LogP contribution in [0.15, 0.2) is 29.3 Å². The fourth-order valence-corrected chi connectivity index (χ4v) is 3.39. The number of amides is 5. The van der Waals surface area contributed by atoms with Gasteiger partial charge in [-0.2, -0.15) is 4.99 Å². The van der Waals surface area contributed by atoms with Crippen LogP contribution in [0, 0.1) is 5.92 Å². The summed E-state index contributed by atoms with van der Waals surface area (Å²) >= 11 is 0. The van der Waals surface area contributed by atoms with Crippen LogP contribution in [-0.4, -0.2) is 83.7 Å². The molecular weight excluding hydrogens is 364 g/mol. The molecular formula is C19H24N4O5. The number of carbonyl (C=O) groups is 4. The van der Waals surface area contributed by atoms with Crippen molar-refractivity contribution in [3.05, 3.63) is 24.3 Å². The number of rotatable bonds is 5. The highest BCUT2D eigenvalue weighted by Crippen LogP contribution is 2.20. The summed E-state index contributed by atoms with van der Waals surface area (Å²) < 4.78 is 4.96. The summed E-state index contributed by atoms with van der Waals surface area (Å²) in [5.74, 6) is -0.870. The summed E-state index contributed by atoms with van der Waals surface area (Å²) in [7, 11) is 0. The first-order valence-electron chi connectivity index (χ1n) is 9.49. The molecule has 3 aliphatic rings. The van der Waals surface area contributed by atoms with Crippen LogP contribution in [0.4, 0.5) is 9.59 Å². The molecule has 0 bridgehead atoms. The van der Waals surface area contributed by atoms with Gasteiger partial charge < -0.3 is 14.5 Å². The van der Waals surface area contributed by atoms with E-state index in [-0.39, 0.29) is 30.9 Å². The standard InChI is InChI=1S/C19H24N4O5/c1-2-28-19(27)22-12-10-21(11-13-22)16(24)8-5-9-23-17(25)14-6-3-4-7-15(14)20-18(23)26/h3-4,6-7,14H,2,5,8-13H2,1H3. The monoisotopic (exact) mass is 388 g/mol. The molecule has 0 aromatic heterocycles. The van der Waals surface area contributed by atoms with E-state index in [1.54, 1.807) is 41.0 Å². The predicted octanol–water partition coefficient (Wildman–Crippen LogP) is 1.21. The second-order valence-electron chi connectivity index (χ2n) is 6.70. The van der Waals surface area contributed by atoms with Gasteiger partial charge in [0.2, 0.25) is 11.8 Å². The Balaban J connectivity index is 1.45. The zero-order valence-electron chi connectivity index (χ0n) is 15.9. The molecule has 9 heteroatoms. The van der Waals surface area contributed by atoms with E-state index in [1.807, 2.05) is 0 Å². The van der Waals surface area contributed by atoms with Crippen molar-refractivity contribution in [3.8, 4) is 0 Å². The third-order valence-corrected chi connectivity index (χ3v) is 4.92. The van der Waals surface area contributed by atoms with E-state index >= 15 is 0 Å². The summed E-state index contributed by atoms with van der Waals surface area (Å²) in [6.07, 6.45) is 7.13. The van der Waals surface area contributed by atoms with Gasteiger partial charge in [-0.15, -0.1) is 0 Å². The Morgan fingerprint density at radius 1 is 1.14 bits per heavy atom. The smallest absolute Gasteiger partial charge is 0.409 e. The summed E-state index contributed by atoms with van der Waals surface area (Å²) in [5, 5.41) is 0. The molecule has 0 spiro atoms. The topological polar surface area (TPSA) is 99.6 Å². The molecule has 3 rings (SSSR count). The minimum Gasteiger partial charge on any atom is -0.450 e. The van der Waals surface area contributed by atoms with Crippen LogP contribution in [0.1, 0.15) is 19.8 Å². The highest BCUT2D eigenvalue weighted by Gasteiger charge is 2.35. The van der Waals surface area contributed by atoms with Crippen LogP contribution < -0.4 is 0 Å². The predicted molar refractivity (Wildman–Crippen MR) is 101 cm³/mol. The summed E-state index contributed by atoms with van der Waals surface area (Å²) in [4.78, 5) is 57.0. The normalized spacial score (nSPS) is 21.5. The Morgan fingerprint density at radius 3 is 2.57 bits per heavy atom. The van der Waals surface area contributed by atoms with Gasteiger partial charge in [0.25, 0.3) is 0 Å². The highest BCUT2D eigenvalue weighted by molar-refractivity contribution is 6.21. The van der Waals surface area contributed by atoms with Crippen LogP contribution in [0.25, 0.3) is 0 Å². The molecule has 2 heterocycles. The summed E-state index contributed by atoms with van der Waals surface area (Å²) in [6.45, 7) is 4.02. The van der Waals surface area contributed by atoms with Crippen molar-refractivity contribution in [2.75, 3.05) is 39.3 Å². The third-order valence-electron chi connectivity index (χ3n) is 4.92. The van der Waals surface area contributed by atoms with E-state index in [1.165, 1.54) is 0 Å². The zero-order valence-corrected chi connectivity index (χ0v) is 15.9. The Kier molecular flexibility index (Phi) is 6.23. The van der Waals surface area contributed by atoms with Gasteiger partial charge in [-0.05, 0) is 19.4 Å². The van der Waals surface area contributed by atoms with Gasteiger partial charge in [0.05, 0.1) is 18.2 Å². The molecule has 0 radical (unpaired) electrons. The molecule has 1 aliphatic carbocycles. The maximum atomic E-state index is 12.5. The van der Waals surface area contributed by atoms with E-state index in [0.717, 1.165) is 4.90 Å². The lowest BCUT2D eigenvalue weighted by Gasteiger charge is -2.34. The van der Waals surface area contributed by atoms with Gasteiger partial charge in [-0.1, -0.05) is 18.2 Å². The van der Waals surface area contributed by atoms with Crippen molar-refractivity contribution in [2.24, 2.45) is 10.9 Å². The lowest BCUT2D eigenvalue weighted by Crippen LogP contribution is -2.51. The van der Waals surface area contributed by atoms with Gasteiger partial charge in [0, 0.05) is 39.1 Å². The average molecular weight is 388 g/mol. The number of carbonyl (C=O) groups excluding carboxylic acids is 4. The summed E-state index contributed by atoms with van der Waals surface area (Å²) in [5.41, 5.74) is 0.462. The average Bonchev–Trinajstić information content (AvgIpc) is 2.70. The van der Waals surface area contributed by atoms with Crippen molar-refractivity contribution in [1.82, 2.24) is 14.7 Å². The van der Waals surface area contributed by atoms with Gasteiger partial charge >= 0.3 is 12.1 Å². The number of piperazine rings is 1. The number of nitrogens with zero attached hydrogens (tertiary/aromatic N) is 4. The van der Waals surface area contributed by atoms with Crippen LogP contribution in [0.5, 0.6) is 0 Å². The van der Waals surface area contributed by atoms with Gasteiger partial charge in [-0.25, -0.2) is 9.59 Å². The van der Waals surface area contributed by atoms with Crippen molar-refractivity contribution in [2.45, 2.75) is 19.8 Å². The highest BCUT2D eigenvalue weighted by atomic mass is 16.6. The Hall–Kier alpha value is -2.97.